The predicted molar refractivity (Wildman–Crippen MR) is 65.8 cm³/mol. The number of methoxy groups -OCH3 is 1. The fourth-order valence-corrected chi connectivity index (χ4v) is 1.67. The summed E-state index contributed by atoms with van der Waals surface area (Å²) in [4.78, 5) is 0. The van der Waals surface area contributed by atoms with Gasteiger partial charge in [-0.3, -0.25) is 0 Å². The highest BCUT2D eigenvalue weighted by Crippen LogP contribution is 2.28. The highest BCUT2D eigenvalue weighted by atomic mass is 19.4. The predicted octanol–water partition coefficient (Wildman–Crippen LogP) is 3.40. The number of hydrogen-bond donors (Lipinski definition) is 1. The van der Waals surface area contributed by atoms with Gasteiger partial charge in [0.1, 0.15) is 5.75 Å². The SMILES string of the molecule is COC(C)(C)CC(N)c1cccc(OC(F)(F)F)c1. The third-order valence-electron chi connectivity index (χ3n) is 2.78. The van der Waals surface area contributed by atoms with Crippen LogP contribution < -0.4 is 10.5 Å². The van der Waals surface area contributed by atoms with Crippen molar-refractivity contribution in [1.29, 1.82) is 0 Å². The summed E-state index contributed by atoms with van der Waals surface area (Å²) in [6.07, 6.45) is -4.21. The van der Waals surface area contributed by atoms with Crippen LogP contribution in [0.4, 0.5) is 13.2 Å². The van der Waals surface area contributed by atoms with Crippen LogP contribution in [0.5, 0.6) is 5.75 Å². The Labute approximate surface area is 110 Å². The third-order valence-corrected chi connectivity index (χ3v) is 2.78. The van der Waals surface area contributed by atoms with Gasteiger partial charge in [-0.2, -0.15) is 0 Å². The Bertz CT molecular complexity index is 419. The summed E-state index contributed by atoms with van der Waals surface area (Å²) >= 11 is 0. The van der Waals surface area contributed by atoms with E-state index in [-0.39, 0.29) is 5.75 Å². The van der Waals surface area contributed by atoms with E-state index in [1.54, 1.807) is 13.2 Å². The Morgan fingerprint density at radius 1 is 1.26 bits per heavy atom. The Morgan fingerprint density at radius 2 is 1.89 bits per heavy atom. The van der Waals surface area contributed by atoms with E-state index >= 15 is 0 Å². The molecule has 0 amide bonds. The quantitative estimate of drug-likeness (QED) is 0.897. The molecule has 0 aliphatic carbocycles. The van der Waals surface area contributed by atoms with E-state index in [1.807, 2.05) is 13.8 Å². The number of hydrogen-bond acceptors (Lipinski definition) is 3. The molecule has 108 valence electrons. The van der Waals surface area contributed by atoms with Gasteiger partial charge in [0.15, 0.2) is 0 Å². The van der Waals surface area contributed by atoms with E-state index in [2.05, 4.69) is 4.74 Å². The summed E-state index contributed by atoms with van der Waals surface area (Å²) < 4.78 is 45.5. The number of rotatable bonds is 5. The van der Waals surface area contributed by atoms with Crippen molar-refractivity contribution in [2.45, 2.75) is 38.3 Å². The van der Waals surface area contributed by atoms with Crippen LogP contribution in [0.15, 0.2) is 24.3 Å². The average molecular weight is 277 g/mol. The molecule has 3 nitrogen and oxygen atoms in total. The normalized spacial score (nSPS) is 14.3. The first kappa shape index (κ1) is 15.8. The van der Waals surface area contributed by atoms with Crippen LogP contribution in [0.25, 0.3) is 0 Å². The lowest BCUT2D eigenvalue weighted by molar-refractivity contribution is -0.274. The van der Waals surface area contributed by atoms with Crippen molar-refractivity contribution in [3.8, 4) is 5.75 Å². The van der Waals surface area contributed by atoms with Gasteiger partial charge in [-0.1, -0.05) is 12.1 Å². The first-order valence-electron chi connectivity index (χ1n) is 5.79. The van der Waals surface area contributed by atoms with Crippen LogP contribution in [0.1, 0.15) is 31.9 Å². The molecule has 1 unspecified atom stereocenters. The van der Waals surface area contributed by atoms with E-state index in [0.29, 0.717) is 12.0 Å². The number of halogens is 3. The highest BCUT2D eigenvalue weighted by molar-refractivity contribution is 5.30. The largest absolute Gasteiger partial charge is 0.573 e. The standard InChI is InChI=1S/C13H18F3NO2/c1-12(2,18-3)8-11(17)9-5-4-6-10(7-9)19-13(14,15)16/h4-7,11H,8,17H2,1-3H3. The Kier molecular flexibility index (Phi) is 4.81. The summed E-state index contributed by atoms with van der Waals surface area (Å²) in [7, 11) is 1.57. The van der Waals surface area contributed by atoms with E-state index in [9.17, 15) is 13.2 Å². The summed E-state index contributed by atoms with van der Waals surface area (Å²) in [5.74, 6) is -0.268. The van der Waals surface area contributed by atoms with Gasteiger partial charge in [-0.25, -0.2) is 0 Å². The lowest BCUT2D eigenvalue weighted by Gasteiger charge is -2.26. The zero-order chi connectivity index (χ0) is 14.7. The Morgan fingerprint density at radius 3 is 2.42 bits per heavy atom. The van der Waals surface area contributed by atoms with Gasteiger partial charge in [-0.15, -0.1) is 13.2 Å². The molecule has 6 heteroatoms. The number of nitrogens with two attached hydrogens (primary N) is 1. The molecule has 0 fully saturated rings. The third kappa shape index (κ3) is 5.48. The summed E-state index contributed by atoms with van der Waals surface area (Å²) in [6, 6.07) is 5.26. The molecule has 0 spiro atoms. The molecule has 19 heavy (non-hydrogen) atoms. The van der Waals surface area contributed by atoms with Crippen LogP contribution in [-0.4, -0.2) is 19.1 Å². The maximum atomic E-state index is 12.1. The lowest BCUT2D eigenvalue weighted by atomic mass is 9.94. The minimum Gasteiger partial charge on any atom is -0.406 e. The first-order valence-corrected chi connectivity index (χ1v) is 5.79. The second-order valence-corrected chi connectivity index (χ2v) is 4.89. The van der Waals surface area contributed by atoms with Crippen LogP contribution in [-0.2, 0) is 4.74 Å². The molecule has 1 aromatic carbocycles. The van der Waals surface area contributed by atoms with Crippen molar-refractivity contribution in [3.05, 3.63) is 29.8 Å². The zero-order valence-electron chi connectivity index (χ0n) is 11.1. The fourth-order valence-electron chi connectivity index (χ4n) is 1.67. The van der Waals surface area contributed by atoms with Gasteiger partial charge in [0, 0.05) is 13.2 Å². The van der Waals surface area contributed by atoms with Gasteiger partial charge in [0.25, 0.3) is 0 Å². The van der Waals surface area contributed by atoms with Crippen molar-refractivity contribution >= 4 is 0 Å². The molecule has 1 aromatic rings. The Hall–Kier alpha value is -1.27. The van der Waals surface area contributed by atoms with E-state index in [4.69, 9.17) is 10.5 Å². The summed E-state index contributed by atoms with van der Waals surface area (Å²) in [5.41, 5.74) is 6.10. The molecule has 0 aromatic heterocycles. The molecule has 0 radical (unpaired) electrons. The van der Waals surface area contributed by atoms with Crippen molar-refractivity contribution in [2.75, 3.05) is 7.11 Å². The minimum atomic E-state index is -4.70. The van der Waals surface area contributed by atoms with Crippen LogP contribution in [0.2, 0.25) is 0 Å². The van der Waals surface area contributed by atoms with Crippen molar-refractivity contribution in [3.63, 3.8) is 0 Å². The number of benzene rings is 1. The van der Waals surface area contributed by atoms with E-state index in [1.165, 1.54) is 18.2 Å². The molecule has 0 aliphatic heterocycles. The fraction of sp³-hybridized carbons (Fsp3) is 0.538. The van der Waals surface area contributed by atoms with Crippen LogP contribution in [0.3, 0.4) is 0 Å². The Balaban J connectivity index is 2.81. The highest BCUT2D eigenvalue weighted by Gasteiger charge is 2.31. The maximum absolute atomic E-state index is 12.1. The van der Waals surface area contributed by atoms with Crippen LogP contribution >= 0.6 is 0 Å². The van der Waals surface area contributed by atoms with E-state index < -0.39 is 18.0 Å². The number of alkyl halides is 3. The van der Waals surface area contributed by atoms with Gasteiger partial charge < -0.3 is 15.2 Å². The lowest BCUT2D eigenvalue weighted by Crippen LogP contribution is -2.28. The summed E-state index contributed by atoms with van der Waals surface area (Å²) in [5, 5.41) is 0. The molecule has 1 atom stereocenters. The van der Waals surface area contributed by atoms with Gasteiger partial charge in [-0.05, 0) is 38.0 Å². The zero-order valence-corrected chi connectivity index (χ0v) is 11.1. The molecule has 0 bridgehead atoms. The molecular formula is C13H18F3NO2. The molecule has 0 heterocycles. The smallest absolute Gasteiger partial charge is 0.406 e. The van der Waals surface area contributed by atoms with E-state index in [0.717, 1.165) is 0 Å². The van der Waals surface area contributed by atoms with Crippen molar-refractivity contribution in [2.24, 2.45) is 5.73 Å². The van der Waals surface area contributed by atoms with Gasteiger partial charge >= 0.3 is 6.36 Å². The van der Waals surface area contributed by atoms with Gasteiger partial charge in [0.05, 0.1) is 5.60 Å². The molecule has 1 rings (SSSR count). The number of ether oxygens (including phenoxy) is 2. The van der Waals surface area contributed by atoms with Crippen molar-refractivity contribution in [1.82, 2.24) is 0 Å². The molecule has 0 aliphatic rings. The topological polar surface area (TPSA) is 44.5 Å². The molecule has 2 N–H and O–H groups in total. The minimum absolute atomic E-state index is 0.268. The molecule has 0 saturated heterocycles. The molecular weight excluding hydrogens is 259 g/mol. The molecule has 0 saturated carbocycles. The van der Waals surface area contributed by atoms with Crippen LogP contribution in [0, 0.1) is 0 Å². The average Bonchev–Trinajstić information content (AvgIpc) is 2.26. The van der Waals surface area contributed by atoms with Crippen molar-refractivity contribution < 1.29 is 22.6 Å². The monoisotopic (exact) mass is 277 g/mol. The van der Waals surface area contributed by atoms with Gasteiger partial charge in [0.2, 0.25) is 0 Å². The maximum Gasteiger partial charge on any atom is 0.573 e. The summed E-state index contributed by atoms with van der Waals surface area (Å²) in [6.45, 7) is 3.73. The second-order valence-electron chi connectivity index (χ2n) is 4.89. The first-order chi connectivity index (χ1) is 8.63. The second kappa shape index (κ2) is 5.79.